The number of piperidine rings is 1. The van der Waals surface area contributed by atoms with Gasteiger partial charge in [0.2, 0.25) is 5.95 Å². The maximum Gasteiger partial charge on any atom is 0.228 e. The van der Waals surface area contributed by atoms with Crippen molar-refractivity contribution in [1.29, 1.82) is 0 Å². The van der Waals surface area contributed by atoms with Gasteiger partial charge in [0.05, 0.1) is 0 Å². The van der Waals surface area contributed by atoms with Gasteiger partial charge < -0.3 is 4.90 Å². The molecule has 0 radical (unpaired) electrons. The van der Waals surface area contributed by atoms with Gasteiger partial charge in [-0.25, -0.2) is 4.98 Å². The fourth-order valence-electron chi connectivity index (χ4n) is 3.86. The van der Waals surface area contributed by atoms with Crippen molar-refractivity contribution >= 4 is 5.95 Å². The maximum atomic E-state index is 4.75. The minimum atomic E-state index is 0.588. The molecule has 0 unspecified atom stereocenters. The Morgan fingerprint density at radius 2 is 1.64 bits per heavy atom. The zero-order valence-electron chi connectivity index (χ0n) is 18.8. The van der Waals surface area contributed by atoms with Crippen LogP contribution in [0.4, 0.5) is 5.95 Å². The zero-order valence-corrected chi connectivity index (χ0v) is 18.8. The van der Waals surface area contributed by atoms with Crippen molar-refractivity contribution in [2.75, 3.05) is 18.0 Å². The van der Waals surface area contributed by atoms with Gasteiger partial charge in [0.1, 0.15) is 11.6 Å². The Labute approximate surface area is 171 Å². The standard InChI is InChI=1S/C22H32N4.C2H6/c1-16(2)20-12-11-19(15-17(20)3)9-8-10-21-23-18(4)24-22(25-21)26-13-6-5-7-14-26;1-2/h11-12,15-16H,5-10,13-14H2,1-4H3;1-2H3. The third-order valence-corrected chi connectivity index (χ3v) is 5.24. The second-order valence-electron chi connectivity index (χ2n) is 7.85. The summed E-state index contributed by atoms with van der Waals surface area (Å²) in [5, 5.41) is 0. The lowest BCUT2D eigenvalue weighted by molar-refractivity contribution is 0.564. The van der Waals surface area contributed by atoms with Crippen molar-refractivity contribution in [3.8, 4) is 0 Å². The second kappa shape index (κ2) is 11.1. The molecule has 0 atom stereocenters. The van der Waals surface area contributed by atoms with Crippen LogP contribution in [-0.2, 0) is 12.8 Å². The molecular weight excluding hydrogens is 344 g/mol. The quantitative estimate of drug-likeness (QED) is 0.633. The molecule has 0 spiro atoms. The maximum absolute atomic E-state index is 4.75. The number of aryl methyl sites for hydroxylation is 4. The van der Waals surface area contributed by atoms with E-state index < -0.39 is 0 Å². The van der Waals surface area contributed by atoms with Gasteiger partial charge in [-0.2, -0.15) is 9.97 Å². The van der Waals surface area contributed by atoms with Crippen molar-refractivity contribution in [3.05, 3.63) is 46.5 Å². The first kappa shape index (κ1) is 22.3. The Morgan fingerprint density at radius 3 is 2.29 bits per heavy atom. The lowest BCUT2D eigenvalue weighted by Gasteiger charge is -2.26. The smallest absolute Gasteiger partial charge is 0.228 e. The summed E-state index contributed by atoms with van der Waals surface area (Å²) in [4.78, 5) is 16.2. The summed E-state index contributed by atoms with van der Waals surface area (Å²) in [6.07, 6.45) is 6.86. The Morgan fingerprint density at radius 1 is 0.929 bits per heavy atom. The van der Waals surface area contributed by atoms with Gasteiger partial charge in [-0.15, -0.1) is 0 Å². The van der Waals surface area contributed by atoms with Crippen LogP contribution in [0, 0.1) is 13.8 Å². The molecule has 1 aromatic heterocycles. The topological polar surface area (TPSA) is 41.9 Å². The molecule has 1 aliphatic rings. The van der Waals surface area contributed by atoms with E-state index in [9.17, 15) is 0 Å². The average Bonchev–Trinajstić information content (AvgIpc) is 2.69. The number of nitrogens with zero attached hydrogens (tertiary/aromatic N) is 4. The molecule has 0 amide bonds. The minimum absolute atomic E-state index is 0.588. The highest BCUT2D eigenvalue weighted by Gasteiger charge is 2.15. The minimum Gasteiger partial charge on any atom is -0.341 e. The molecule has 28 heavy (non-hydrogen) atoms. The molecule has 2 heterocycles. The van der Waals surface area contributed by atoms with Crippen LogP contribution in [0.1, 0.15) is 87.6 Å². The van der Waals surface area contributed by atoms with Crippen LogP contribution in [0.3, 0.4) is 0 Å². The number of hydrogen-bond acceptors (Lipinski definition) is 4. The van der Waals surface area contributed by atoms with Crippen LogP contribution >= 0.6 is 0 Å². The van der Waals surface area contributed by atoms with E-state index >= 15 is 0 Å². The number of hydrogen-bond donors (Lipinski definition) is 0. The Balaban J connectivity index is 0.00000136. The summed E-state index contributed by atoms with van der Waals surface area (Å²) in [5.74, 6) is 3.25. The van der Waals surface area contributed by atoms with Crippen LogP contribution in [0.15, 0.2) is 18.2 Å². The number of rotatable bonds is 6. The molecule has 0 aliphatic carbocycles. The van der Waals surface area contributed by atoms with Crippen molar-refractivity contribution in [2.24, 2.45) is 0 Å². The van der Waals surface area contributed by atoms with E-state index in [1.54, 1.807) is 0 Å². The first-order valence-corrected chi connectivity index (χ1v) is 11.1. The van der Waals surface area contributed by atoms with Gasteiger partial charge in [0.25, 0.3) is 0 Å². The molecule has 4 heteroatoms. The molecule has 4 nitrogen and oxygen atoms in total. The summed E-state index contributed by atoms with van der Waals surface area (Å²) in [7, 11) is 0. The Kier molecular flexibility index (Phi) is 8.88. The largest absolute Gasteiger partial charge is 0.341 e. The van der Waals surface area contributed by atoms with E-state index in [0.717, 1.165) is 49.9 Å². The molecule has 1 saturated heterocycles. The molecule has 0 saturated carbocycles. The highest BCUT2D eigenvalue weighted by atomic mass is 15.3. The predicted molar refractivity (Wildman–Crippen MR) is 119 cm³/mol. The molecular formula is C24H38N4. The number of benzene rings is 1. The summed E-state index contributed by atoms with van der Waals surface area (Å²) < 4.78 is 0. The third kappa shape index (κ3) is 6.29. The van der Waals surface area contributed by atoms with Crippen molar-refractivity contribution in [3.63, 3.8) is 0 Å². The number of aromatic nitrogens is 3. The van der Waals surface area contributed by atoms with E-state index in [1.807, 2.05) is 20.8 Å². The molecule has 0 N–H and O–H groups in total. The van der Waals surface area contributed by atoms with Gasteiger partial charge in [-0.3, -0.25) is 0 Å². The second-order valence-corrected chi connectivity index (χ2v) is 7.85. The summed E-state index contributed by atoms with van der Waals surface area (Å²) in [5.41, 5.74) is 4.27. The molecule has 2 aromatic rings. The summed E-state index contributed by atoms with van der Waals surface area (Å²) in [6, 6.07) is 6.91. The van der Waals surface area contributed by atoms with Crippen LogP contribution < -0.4 is 4.90 Å². The third-order valence-electron chi connectivity index (χ3n) is 5.24. The Bertz CT molecular complexity index is 733. The van der Waals surface area contributed by atoms with E-state index in [4.69, 9.17) is 4.98 Å². The first-order chi connectivity index (χ1) is 13.5. The SMILES string of the molecule is CC.Cc1nc(CCCc2ccc(C(C)C)c(C)c2)nc(N2CCCCC2)n1. The van der Waals surface area contributed by atoms with Gasteiger partial charge >= 0.3 is 0 Å². The van der Waals surface area contributed by atoms with Gasteiger partial charge in [0.15, 0.2) is 0 Å². The summed E-state index contributed by atoms with van der Waals surface area (Å²) >= 11 is 0. The number of anilines is 1. The molecule has 1 aromatic carbocycles. The fraction of sp³-hybridized carbons (Fsp3) is 0.625. The lowest BCUT2D eigenvalue weighted by atomic mass is 9.95. The van der Waals surface area contributed by atoms with E-state index in [0.29, 0.717) is 5.92 Å². The van der Waals surface area contributed by atoms with Crippen LogP contribution in [0.2, 0.25) is 0 Å². The molecule has 3 rings (SSSR count). The van der Waals surface area contributed by atoms with Gasteiger partial charge in [-0.05, 0) is 68.6 Å². The normalized spacial score (nSPS) is 14.0. The summed E-state index contributed by atoms with van der Waals surface area (Å²) in [6.45, 7) is 14.9. The van der Waals surface area contributed by atoms with E-state index in [2.05, 4.69) is 53.8 Å². The van der Waals surface area contributed by atoms with Crippen LogP contribution in [0.25, 0.3) is 0 Å². The Hall–Kier alpha value is -1.97. The van der Waals surface area contributed by atoms with Crippen molar-refractivity contribution in [2.45, 2.75) is 86.0 Å². The molecule has 1 fully saturated rings. The first-order valence-electron chi connectivity index (χ1n) is 11.1. The lowest BCUT2D eigenvalue weighted by Crippen LogP contribution is -2.31. The highest BCUT2D eigenvalue weighted by Crippen LogP contribution is 2.21. The van der Waals surface area contributed by atoms with Gasteiger partial charge in [-0.1, -0.05) is 45.9 Å². The predicted octanol–water partition coefficient (Wildman–Crippen LogP) is 5.80. The van der Waals surface area contributed by atoms with E-state index in [1.165, 1.54) is 36.0 Å². The molecule has 1 aliphatic heterocycles. The fourth-order valence-corrected chi connectivity index (χ4v) is 3.86. The molecule has 154 valence electrons. The van der Waals surface area contributed by atoms with E-state index in [-0.39, 0.29) is 0 Å². The van der Waals surface area contributed by atoms with Crippen molar-refractivity contribution < 1.29 is 0 Å². The average molecular weight is 383 g/mol. The molecule has 0 bridgehead atoms. The van der Waals surface area contributed by atoms with Crippen LogP contribution in [-0.4, -0.2) is 28.0 Å². The highest BCUT2D eigenvalue weighted by molar-refractivity contribution is 5.33. The monoisotopic (exact) mass is 382 g/mol. The zero-order chi connectivity index (χ0) is 20.5. The van der Waals surface area contributed by atoms with Gasteiger partial charge in [0, 0.05) is 19.5 Å². The van der Waals surface area contributed by atoms with Crippen molar-refractivity contribution in [1.82, 2.24) is 15.0 Å². The van der Waals surface area contributed by atoms with Crippen LogP contribution in [0.5, 0.6) is 0 Å².